The number of aryl methyl sites for hydroxylation is 1. The van der Waals surface area contributed by atoms with Crippen LogP contribution in [0, 0.1) is 12.8 Å². The molecule has 0 aliphatic rings. The summed E-state index contributed by atoms with van der Waals surface area (Å²) in [4.78, 5) is 27.4. The molecule has 122 valence electrons. The molecule has 1 aromatic carbocycles. The molecular formula is C17H20N2O3S. The van der Waals surface area contributed by atoms with Gasteiger partial charge in [0.15, 0.2) is 0 Å². The molecule has 2 unspecified atom stereocenters. The van der Waals surface area contributed by atoms with Crippen LogP contribution in [0.4, 0.5) is 0 Å². The Kier molecular flexibility index (Phi) is 5.50. The number of thiazole rings is 1. The van der Waals surface area contributed by atoms with Crippen molar-refractivity contribution in [2.75, 3.05) is 0 Å². The lowest BCUT2D eigenvalue weighted by molar-refractivity contribution is -0.142. The lowest BCUT2D eigenvalue weighted by atomic mass is 10.0. The maximum Gasteiger partial charge on any atom is 0.308 e. The van der Waals surface area contributed by atoms with Crippen molar-refractivity contribution >= 4 is 23.2 Å². The molecule has 5 nitrogen and oxygen atoms in total. The van der Waals surface area contributed by atoms with E-state index >= 15 is 0 Å². The van der Waals surface area contributed by atoms with Gasteiger partial charge in [0, 0.05) is 17.0 Å². The van der Waals surface area contributed by atoms with Gasteiger partial charge in [-0.15, -0.1) is 11.3 Å². The first kappa shape index (κ1) is 17.1. The van der Waals surface area contributed by atoms with Crippen molar-refractivity contribution in [3.63, 3.8) is 0 Å². The van der Waals surface area contributed by atoms with Gasteiger partial charge in [-0.05, 0) is 20.8 Å². The number of aromatic nitrogens is 1. The molecule has 0 saturated heterocycles. The average Bonchev–Trinajstić information content (AvgIpc) is 2.95. The highest BCUT2D eigenvalue weighted by molar-refractivity contribution is 7.13. The van der Waals surface area contributed by atoms with E-state index in [9.17, 15) is 9.59 Å². The second-order valence-electron chi connectivity index (χ2n) is 5.67. The molecule has 0 aliphatic heterocycles. The van der Waals surface area contributed by atoms with Gasteiger partial charge in [0.2, 0.25) is 5.91 Å². The fourth-order valence-corrected chi connectivity index (χ4v) is 2.85. The van der Waals surface area contributed by atoms with E-state index in [1.54, 1.807) is 13.8 Å². The fraction of sp³-hybridized carbons (Fsp3) is 0.353. The van der Waals surface area contributed by atoms with Crippen LogP contribution in [-0.4, -0.2) is 28.0 Å². The zero-order chi connectivity index (χ0) is 17.0. The molecule has 23 heavy (non-hydrogen) atoms. The minimum absolute atomic E-state index is 0.152. The Morgan fingerprint density at radius 3 is 2.52 bits per heavy atom. The van der Waals surface area contributed by atoms with Gasteiger partial charge < -0.3 is 10.4 Å². The summed E-state index contributed by atoms with van der Waals surface area (Å²) < 4.78 is 0. The van der Waals surface area contributed by atoms with Crippen LogP contribution >= 0.6 is 11.3 Å². The van der Waals surface area contributed by atoms with Crippen LogP contribution < -0.4 is 5.32 Å². The molecule has 0 bridgehead atoms. The number of hydrogen-bond acceptors (Lipinski definition) is 4. The van der Waals surface area contributed by atoms with Gasteiger partial charge in [-0.25, -0.2) is 4.98 Å². The predicted molar refractivity (Wildman–Crippen MR) is 90.4 cm³/mol. The molecule has 0 radical (unpaired) electrons. The van der Waals surface area contributed by atoms with Crippen LogP contribution in [0.3, 0.4) is 0 Å². The Hall–Kier alpha value is -2.21. The molecule has 2 aromatic rings. The van der Waals surface area contributed by atoms with Crippen molar-refractivity contribution < 1.29 is 14.7 Å². The second kappa shape index (κ2) is 7.37. The molecule has 1 heterocycles. The van der Waals surface area contributed by atoms with Gasteiger partial charge in [0.25, 0.3) is 0 Å². The Morgan fingerprint density at radius 1 is 1.26 bits per heavy atom. The summed E-state index contributed by atoms with van der Waals surface area (Å²) in [6, 6.07) is 7.65. The van der Waals surface area contributed by atoms with Crippen LogP contribution in [0.2, 0.25) is 0 Å². The number of nitrogens with one attached hydrogen (secondary N) is 1. The lowest BCUT2D eigenvalue weighted by Gasteiger charge is -2.17. The van der Waals surface area contributed by atoms with E-state index < -0.39 is 17.9 Å². The molecule has 2 atom stereocenters. The number of hydrogen-bond donors (Lipinski definition) is 2. The number of carbonyl (C=O) groups is 2. The van der Waals surface area contributed by atoms with Gasteiger partial charge in [0.05, 0.1) is 18.0 Å². The number of nitrogens with zero attached hydrogens (tertiary/aromatic N) is 1. The summed E-state index contributed by atoms with van der Waals surface area (Å²) in [7, 11) is 0. The lowest BCUT2D eigenvalue weighted by Crippen LogP contribution is -2.40. The fourth-order valence-electron chi connectivity index (χ4n) is 2.03. The molecule has 0 fully saturated rings. The monoisotopic (exact) mass is 332 g/mol. The Bertz CT molecular complexity index is 694. The van der Waals surface area contributed by atoms with E-state index in [1.165, 1.54) is 16.9 Å². The summed E-state index contributed by atoms with van der Waals surface area (Å²) >= 11 is 1.50. The summed E-state index contributed by atoms with van der Waals surface area (Å²) in [5.74, 6) is -1.77. The van der Waals surface area contributed by atoms with Crippen LogP contribution in [0.15, 0.2) is 29.6 Å². The summed E-state index contributed by atoms with van der Waals surface area (Å²) in [6.07, 6.45) is 0.152. The molecule has 2 N–H and O–H groups in total. The average molecular weight is 332 g/mol. The van der Waals surface area contributed by atoms with E-state index in [0.29, 0.717) is 5.69 Å². The maximum absolute atomic E-state index is 12.0. The van der Waals surface area contributed by atoms with Crippen LogP contribution in [0.1, 0.15) is 25.1 Å². The van der Waals surface area contributed by atoms with Crippen molar-refractivity contribution in [1.29, 1.82) is 0 Å². The summed E-state index contributed by atoms with van der Waals surface area (Å²) in [6.45, 7) is 5.29. The van der Waals surface area contributed by atoms with E-state index in [0.717, 1.165) is 10.6 Å². The largest absolute Gasteiger partial charge is 0.481 e. The Balaban J connectivity index is 1.97. The van der Waals surface area contributed by atoms with Crippen molar-refractivity contribution in [3.8, 4) is 10.6 Å². The van der Waals surface area contributed by atoms with E-state index in [4.69, 9.17) is 5.11 Å². The third-order valence-corrected chi connectivity index (χ3v) is 4.66. The van der Waals surface area contributed by atoms with Gasteiger partial charge >= 0.3 is 5.97 Å². The SMILES string of the molecule is Cc1ccc(-c2nc(CC(=O)NC(C)C(C)C(=O)O)cs2)cc1. The zero-order valence-corrected chi connectivity index (χ0v) is 14.2. The first-order valence-corrected chi connectivity index (χ1v) is 8.28. The Labute approximate surface area is 139 Å². The minimum Gasteiger partial charge on any atom is -0.481 e. The van der Waals surface area contributed by atoms with Gasteiger partial charge in [-0.3, -0.25) is 9.59 Å². The normalized spacial score (nSPS) is 13.3. The third-order valence-electron chi connectivity index (χ3n) is 3.72. The molecular weight excluding hydrogens is 312 g/mol. The number of aliphatic carboxylic acids is 1. The topological polar surface area (TPSA) is 79.3 Å². The highest BCUT2D eigenvalue weighted by atomic mass is 32.1. The molecule has 2 rings (SSSR count). The molecule has 6 heteroatoms. The highest BCUT2D eigenvalue weighted by Gasteiger charge is 2.21. The van der Waals surface area contributed by atoms with Crippen LogP contribution in [0.5, 0.6) is 0 Å². The number of amides is 1. The Morgan fingerprint density at radius 2 is 1.91 bits per heavy atom. The van der Waals surface area contributed by atoms with E-state index in [-0.39, 0.29) is 12.3 Å². The molecule has 0 saturated carbocycles. The number of carbonyl (C=O) groups excluding carboxylic acids is 1. The van der Waals surface area contributed by atoms with Crippen molar-refractivity contribution in [2.24, 2.45) is 5.92 Å². The first-order chi connectivity index (χ1) is 10.9. The standard InChI is InChI=1S/C17H20N2O3S/c1-10-4-6-13(7-5-10)16-19-14(9-23-16)8-15(20)18-12(3)11(2)17(21)22/h4-7,9,11-12H,8H2,1-3H3,(H,18,20)(H,21,22). The molecule has 0 spiro atoms. The quantitative estimate of drug-likeness (QED) is 0.852. The highest BCUT2D eigenvalue weighted by Crippen LogP contribution is 2.24. The molecule has 0 aliphatic carbocycles. The summed E-state index contributed by atoms with van der Waals surface area (Å²) in [5, 5.41) is 14.4. The van der Waals surface area contributed by atoms with Crippen molar-refractivity contribution in [2.45, 2.75) is 33.2 Å². The number of rotatable bonds is 6. The first-order valence-electron chi connectivity index (χ1n) is 7.40. The van der Waals surface area contributed by atoms with Gasteiger partial charge in [-0.2, -0.15) is 0 Å². The number of carboxylic acids is 1. The number of benzene rings is 1. The van der Waals surface area contributed by atoms with Gasteiger partial charge in [-0.1, -0.05) is 29.8 Å². The minimum atomic E-state index is -0.923. The predicted octanol–water partition coefficient (Wildman–Crippen LogP) is 2.89. The van der Waals surface area contributed by atoms with Gasteiger partial charge in [0.1, 0.15) is 5.01 Å². The molecule has 1 aromatic heterocycles. The number of carboxylic acid groups (broad SMARTS) is 1. The summed E-state index contributed by atoms with van der Waals surface area (Å²) in [5.41, 5.74) is 2.91. The van der Waals surface area contributed by atoms with E-state index in [2.05, 4.69) is 10.3 Å². The smallest absolute Gasteiger partial charge is 0.308 e. The van der Waals surface area contributed by atoms with E-state index in [1.807, 2.05) is 36.6 Å². The van der Waals surface area contributed by atoms with Crippen molar-refractivity contribution in [1.82, 2.24) is 10.3 Å². The van der Waals surface area contributed by atoms with Crippen molar-refractivity contribution in [3.05, 3.63) is 40.9 Å². The molecule has 1 amide bonds. The van der Waals surface area contributed by atoms with Crippen LogP contribution in [-0.2, 0) is 16.0 Å². The third kappa shape index (κ3) is 4.63. The van der Waals surface area contributed by atoms with Crippen LogP contribution in [0.25, 0.3) is 10.6 Å². The zero-order valence-electron chi connectivity index (χ0n) is 13.4. The second-order valence-corrected chi connectivity index (χ2v) is 6.53. The maximum atomic E-state index is 12.0.